The van der Waals surface area contributed by atoms with Crippen LogP contribution in [0, 0.1) is 0 Å². The number of nitrogens with two attached hydrogens (primary N) is 1. The van der Waals surface area contributed by atoms with Gasteiger partial charge in [0.1, 0.15) is 54.9 Å². The quantitative estimate of drug-likeness (QED) is 0.0258. The fourth-order valence-electron chi connectivity index (χ4n) is 10.1. The third-order valence-electron chi connectivity index (χ3n) is 15.1. The van der Waals surface area contributed by atoms with E-state index in [4.69, 9.17) is 24.7 Å². The number of ketones is 1. The van der Waals surface area contributed by atoms with Crippen LogP contribution in [0.1, 0.15) is 251 Å². The molecule has 422 valence electrons. The minimum absolute atomic E-state index is 0.0523. The van der Waals surface area contributed by atoms with Gasteiger partial charge < -0.3 is 70.6 Å². The molecule has 2 aliphatic heterocycles. The Morgan fingerprint density at radius 1 is 0.465 bits per heavy atom. The first-order chi connectivity index (χ1) is 34.4. The van der Waals surface area contributed by atoms with Crippen LogP contribution in [-0.4, -0.2) is 151 Å². The van der Waals surface area contributed by atoms with E-state index in [0.717, 1.165) is 44.9 Å². The van der Waals surface area contributed by atoms with Gasteiger partial charge in [0, 0.05) is 6.42 Å². The van der Waals surface area contributed by atoms with E-state index >= 15 is 0 Å². The number of hydrogen-bond donors (Lipinski definition) is 10. The highest BCUT2D eigenvalue weighted by atomic mass is 16.7. The molecule has 0 bridgehead atoms. The average Bonchev–Trinajstić information content (AvgIpc) is 3.37. The summed E-state index contributed by atoms with van der Waals surface area (Å²) in [6.45, 7) is 3.22. The fraction of sp³-hybridized carbons (Fsp3) is 0.982. The standard InChI is InChI=1S/C56H109NO14/c1-3-5-7-9-11-13-15-17-18-19-20-21-22-23-24-25-26-27-29-31-33-35-37-39-43(60)54(46(57)47(61)42(59)38-36-34-32-30-28-16-14-12-10-8-6-4-2)71-56-53(67)51(65)49(63)45(70-56)41-68-55-52(66)50(64)48(62)44(40-58)69-55/h42,44-56,58-59,61-67H,3-41,57H2,1-2H3/t42-,44-,45-,46+,47-,48+,49+,50+,51+,52-,53-,54?,55+,56-/m1/s1. The highest BCUT2D eigenvalue weighted by Crippen LogP contribution is 2.28. The molecule has 71 heavy (non-hydrogen) atoms. The molecule has 11 N–H and O–H groups in total. The van der Waals surface area contributed by atoms with Gasteiger partial charge in [-0.25, -0.2) is 0 Å². The number of rotatable bonds is 47. The number of unbranched alkanes of at least 4 members (excludes halogenated alkanes) is 33. The summed E-state index contributed by atoms with van der Waals surface area (Å²) in [5.41, 5.74) is 6.53. The molecule has 2 fully saturated rings. The molecular weight excluding hydrogens is 911 g/mol. The van der Waals surface area contributed by atoms with Gasteiger partial charge in [-0.05, 0) is 12.8 Å². The predicted octanol–water partition coefficient (Wildman–Crippen LogP) is 8.09. The Balaban J connectivity index is 1.82. The molecule has 1 unspecified atom stereocenters. The van der Waals surface area contributed by atoms with Crippen LogP contribution in [0.2, 0.25) is 0 Å². The van der Waals surface area contributed by atoms with Crippen molar-refractivity contribution in [3.05, 3.63) is 0 Å². The lowest BCUT2D eigenvalue weighted by molar-refractivity contribution is -0.335. The summed E-state index contributed by atoms with van der Waals surface area (Å²) in [4.78, 5) is 13.9. The van der Waals surface area contributed by atoms with Crippen LogP contribution >= 0.6 is 0 Å². The van der Waals surface area contributed by atoms with Gasteiger partial charge in [0.2, 0.25) is 0 Å². The molecule has 2 aliphatic rings. The van der Waals surface area contributed by atoms with Crippen LogP contribution in [0.5, 0.6) is 0 Å². The summed E-state index contributed by atoms with van der Waals surface area (Å²) in [6, 6.07) is -1.43. The minimum atomic E-state index is -1.86. The molecule has 0 aromatic rings. The summed E-state index contributed by atoms with van der Waals surface area (Å²) in [5, 5.41) is 95.3. The zero-order valence-electron chi connectivity index (χ0n) is 44.8. The molecule has 0 amide bonds. The summed E-state index contributed by atoms with van der Waals surface area (Å²) in [5.74, 6) is -0.469. The van der Waals surface area contributed by atoms with Gasteiger partial charge in [-0.15, -0.1) is 0 Å². The monoisotopic (exact) mass is 1020 g/mol. The maximum absolute atomic E-state index is 13.9. The Bertz CT molecular complexity index is 1240. The predicted molar refractivity (Wildman–Crippen MR) is 278 cm³/mol. The van der Waals surface area contributed by atoms with Crippen molar-refractivity contribution in [1.82, 2.24) is 0 Å². The summed E-state index contributed by atoms with van der Waals surface area (Å²) in [6.07, 6.45) is 22.0. The van der Waals surface area contributed by atoms with Crippen molar-refractivity contribution in [1.29, 1.82) is 0 Å². The van der Waals surface area contributed by atoms with Crippen molar-refractivity contribution in [2.24, 2.45) is 5.73 Å². The number of carbonyl (C=O) groups excluding carboxylic acids is 1. The molecular formula is C56H109NO14. The highest BCUT2D eigenvalue weighted by Gasteiger charge is 2.49. The maximum atomic E-state index is 13.9. The lowest BCUT2D eigenvalue weighted by Gasteiger charge is -2.43. The van der Waals surface area contributed by atoms with Gasteiger partial charge in [-0.3, -0.25) is 4.79 Å². The Kier molecular flexibility index (Phi) is 39.4. The van der Waals surface area contributed by atoms with E-state index in [-0.39, 0.29) is 12.8 Å². The molecule has 14 atom stereocenters. The Morgan fingerprint density at radius 2 is 0.803 bits per heavy atom. The zero-order valence-corrected chi connectivity index (χ0v) is 44.8. The summed E-state index contributed by atoms with van der Waals surface area (Å²) < 4.78 is 22.8. The van der Waals surface area contributed by atoms with Crippen molar-refractivity contribution >= 4 is 5.78 Å². The van der Waals surface area contributed by atoms with Crippen LogP contribution < -0.4 is 5.73 Å². The fourth-order valence-corrected chi connectivity index (χ4v) is 10.1. The molecule has 2 saturated heterocycles. The van der Waals surface area contributed by atoms with Crippen molar-refractivity contribution in [2.75, 3.05) is 13.2 Å². The molecule has 15 heteroatoms. The van der Waals surface area contributed by atoms with Crippen molar-refractivity contribution in [3.63, 3.8) is 0 Å². The molecule has 2 heterocycles. The molecule has 15 nitrogen and oxygen atoms in total. The normalized spacial score (nSPS) is 26.6. The number of hydrogen-bond acceptors (Lipinski definition) is 15. The van der Waals surface area contributed by atoms with Gasteiger partial charge in [-0.2, -0.15) is 0 Å². The molecule has 0 saturated carbocycles. The van der Waals surface area contributed by atoms with Gasteiger partial charge in [0.05, 0.1) is 31.5 Å². The van der Waals surface area contributed by atoms with Crippen LogP contribution in [-0.2, 0) is 23.7 Å². The number of aliphatic hydroxyl groups excluding tert-OH is 9. The molecule has 2 rings (SSSR count). The lowest BCUT2D eigenvalue weighted by Crippen LogP contribution is -2.63. The number of carbonyl (C=O) groups is 1. The van der Waals surface area contributed by atoms with E-state index in [2.05, 4.69) is 13.8 Å². The Hall–Kier alpha value is -0.890. The van der Waals surface area contributed by atoms with E-state index in [0.29, 0.717) is 12.8 Å². The molecule has 0 aromatic carbocycles. The van der Waals surface area contributed by atoms with E-state index < -0.39 is 105 Å². The molecule has 0 aromatic heterocycles. The van der Waals surface area contributed by atoms with E-state index in [1.165, 1.54) is 167 Å². The molecule has 0 radical (unpaired) electrons. The number of ether oxygens (including phenoxy) is 4. The van der Waals surface area contributed by atoms with Crippen molar-refractivity contribution < 1.29 is 69.7 Å². The van der Waals surface area contributed by atoms with Crippen molar-refractivity contribution in [2.45, 2.75) is 337 Å². The average molecular weight is 1020 g/mol. The van der Waals surface area contributed by atoms with Crippen LogP contribution in [0.15, 0.2) is 0 Å². The maximum Gasteiger partial charge on any atom is 0.187 e. The van der Waals surface area contributed by atoms with Crippen molar-refractivity contribution in [3.8, 4) is 0 Å². The SMILES string of the molecule is CCCCCCCCCCCCCCCCCCCCCCCCCC(=O)C(O[C@H]1O[C@H](CO[C@H]2O[C@H](CO)[C@H](O)[C@H](O)[C@H]2O)[C@H](O)[C@H](O)[C@H]1O)[C@@H](N)[C@H](O)[C@H](O)CCCCCCCCCCCCCC. The number of Topliss-reactive ketones (excluding diaryl/α,β-unsaturated/α-hetero) is 1. The second-order valence-electron chi connectivity index (χ2n) is 21.4. The topological polar surface area (TPSA) is 262 Å². The van der Waals surface area contributed by atoms with Crippen LogP contribution in [0.3, 0.4) is 0 Å². The van der Waals surface area contributed by atoms with Crippen LogP contribution in [0.4, 0.5) is 0 Å². The van der Waals surface area contributed by atoms with Gasteiger partial charge in [0.25, 0.3) is 0 Å². The van der Waals surface area contributed by atoms with Gasteiger partial charge in [-0.1, -0.05) is 232 Å². The minimum Gasteiger partial charge on any atom is -0.394 e. The highest BCUT2D eigenvalue weighted by molar-refractivity contribution is 5.84. The van der Waals surface area contributed by atoms with E-state index in [1.54, 1.807) is 0 Å². The second kappa shape index (κ2) is 42.2. The number of aliphatic hydroxyl groups is 9. The largest absolute Gasteiger partial charge is 0.394 e. The Labute approximate surface area is 430 Å². The van der Waals surface area contributed by atoms with Gasteiger partial charge in [0.15, 0.2) is 18.4 Å². The third kappa shape index (κ3) is 28.2. The van der Waals surface area contributed by atoms with E-state index in [1.807, 2.05) is 0 Å². The molecule has 0 aliphatic carbocycles. The van der Waals surface area contributed by atoms with Gasteiger partial charge >= 0.3 is 0 Å². The van der Waals surface area contributed by atoms with E-state index in [9.17, 15) is 50.8 Å². The Morgan fingerprint density at radius 3 is 1.20 bits per heavy atom. The lowest BCUT2D eigenvalue weighted by atomic mass is 9.92. The summed E-state index contributed by atoms with van der Waals surface area (Å²) in [7, 11) is 0. The first kappa shape index (κ1) is 66.2. The smallest absolute Gasteiger partial charge is 0.187 e. The second-order valence-corrected chi connectivity index (χ2v) is 21.4. The first-order valence-corrected chi connectivity index (χ1v) is 29.3. The first-order valence-electron chi connectivity index (χ1n) is 29.3. The van der Waals surface area contributed by atoms with Crippen LogP contribution in [0.25, 0.3) is 0 Å². The summed E-state index contributed by atoms with van der Waals surface area (Å²) >= 11 is 0. The molecule has 0 spiro atoms. The zero-order chi connectivity index (χ0) is 52.1. The third-order valence-corrected chi connectivity index (χ3v) is 15.1.